The first-order chi connectivity index (χ1) is 11.0. The summed E-state index contributed by atoms with van der Waals surface area (Å²) >= 11 is 0. The summed E-state index contributed by atoms with van der Waals surface area (Å²) in [5.41, 5.74) is 0. The SMILES string of the molecule is CCC[C@H](CCCC1CC(F)C(F)C(F)C1)C1CCC(C)CC1. The lowest BCUT2D eigenvalue weighted by molar-refractivity contribution is 0.0150. The smallest absolute Gasteiger partial charge is 0.162 e. The lowest BCUT2D eigenvalue weighted by atomic mass is 9.73. The normalized spacial score (nSPS) is 40.0. The fourth-order valence-electron chi connectivity index (χ4n) is 4.87. The molecule has 2 rings (SSSR count). The lowest BCUT2D eigenvalue weighted by Gasteiger charge is -2.34. The van der Waals surface area contributed by atoms with Crippen LogP contribution in [0.25, 0.3) is 0 Å². The van der Waals surface area contributed by atoms with Gasteiger partial charge in [-0.25, -0.2) is 13.2 Å². The van der Waals surface area contributed by atoms with E-state index in [1.807, 2.05) is 0 Å². The quantitative estimate of drug-likeness (QED) is 0.479. The van der Waals surface area contributed by atoms with Crippen molar-refractivity contribution in [1.82, 2.24) is 0 Å². The molecule has 23 heavy (non-hydrogen) atoms. The Balaban J connectivity index is 1.73. The molecule has 2 fully saturated rings. The van der Waals surface area contributed by atoms with E-state index in [0.717, 1.165) is 30.6 Å². The maximum atomic E-state index is 13.5. The molecule has 0 amide bonds. The molecule has 3 heteroatoms. The monoisotopic (exact) mass is 332 g/mol. The fraction of sp³-hybridized carbons (Fsp3) is 1.00. The molecule has 2 unspecified atom stereocenters. The second kappa shape index (κ2) is 9.32. The van der Waals surface area contributed by atoms with Gasteiger partial charge in [0, 0.05) is 0 Å². The van der Waals surface area contributed by atoms with Gasteiger partial charge in [-0.15, -0.1) is 0 Å². The van der Waals surface area contributed by atoms with Crippen LogP contribution in [0.15, 0.2) is 0 Å². The van der Waals surface area contributed by atoms with Gasteiger partial charge in [0.1, 0.15) is 12.3 Å². The van der Waals surface area contributed by atoms with Gasteiger partial charge in [0.2, 0.25) is 0 Å². The van der Waals surface area contributed by atoms with Crippen molar-refractivity contribution < 1.29 is 13.2 Å². The highest BCUT2D eigenvalue weighted by Gasteiger charge is 2.38. The Morgan fingerprint density at radius 1 is 0.913 bits per heavy atom. The van der Waals surface area contributed by atoms with E-state index in [2.05, 4.69) is 13.8 Å². The van der Waals surface area contributed by atoms with Crippen LogP contribution in [-0.4, -0.2) is 18.5 Å². The first kappa shape index (κ1) is 19.1. The first-order valence-corrected chi connectivity index (χ1v) is 9.93. The van der Waals surface area contributed by atoms with Gasteiger partial charge in [-0.1, -0.05) is 58.8 Å². The molecule has 3 atom stereocenters. The number of hydrogen-bond donors (Lipinski definition) is 0. The molecule has 0 nitrogen and oxygen atoms in total. The molecule has 0 aromatic carbocycles. The van der Waals surface area contributed by atoms with Crippen LogP contribution in [-0.2, 0) is 0 Å². The molecule has 2 aliphatic carbocycles. The van der Waals surface area contributed by atoms with Crippen molar-refractivity contribution in [3.8, 4) is 0 Å². The first-order valence-electron chi connectivity index (χ1n) is 9.93. The van der Waals surface area contributed by atoms with Crippen molar-refractivity contribution in [1.29, 1.82) is 0 Å². The average molecular weight is 332 g/mol. The Morgan fingerprint density at radius 2 is 1.52 bits per heavy atom. The van der Waals surface area contributed by atoms with Crippen molar-refractivity contribution >= 4 is 0 Å². The van der Waals surface area contributed by atoms with E-state index in [-0.39, 0.29) is 18.8 Å². The van der Waals surface area contributed by atoms with E-state index in [1.54, 1.807) is 0 Å². The van der Waals surface area contributed by atoms with Crippen molar-refractivity contribution in [3.63, 3.8) is 0 Å². The van der Waals surface area contributed by atoms with E-state index in [1.165, 1.54) is 44.9 Å². The summed E-state index contributed by atoms with van der Waals surface area (Å²) in [5, 5.41) is 0. The minimum Gasteiger partial charge on any atom is -0.244 e. The van der Waals surface area contributed by atoms with Crippen LogP contribution in [0.2, 0.25) is 0 Å². The highest BCUT2D eigenvalue weighted by molar-refractivity contribution is 4.87. The minimum atomic E-state index is -1.89. The summed E-state index contributed by atoms with van der Waals surface area (Å²) in [6.07, 6.45) is 6.45. The average Bonchev–Trinajstić information content (AvgIpc) is 2.52. The molecule has 0 aliphatic heterocycles. The topological polar surface area (TPSA) is 0 Å². The van der Waals surface area contributed by atoms with E-state index in [9.17, 15) is 13.2 Å². The molecule has 0 bridgehead atoms. The summed E-state index contributed by atoms with van der Waals surface area (Å²) in [7, 11) is 0. The van der Waals surface area contributed by atoms with Crippen LogP contribution in [0.1, 0.15) is 84.5 Å². The predicted molar refractivity (Wildman–Crippen MR) is 90.8 cm³/mol. The molecule has 2 saturated carbocycles. The molecule has 0 spiro atoms. The van der Waals surface area contributed by atoms with E-state index in [4.69, 9.17) is 0 Å². The zero-order valence-corrected chi connectivity index (χ0v) is 15.0. The molecule has 2 aliphatic rings. The van der Waals surface area contributed by atoms with Crippen molar-refractivity contribution in [2.45, 2.75) is 103 Å². The van der Waals surface area contributed by atoms with Crippen LogP contribution >= 0.6 is 0 Å². The zero-order chi connectivity index (χ0) is 16.8. The maximum Gasteiger partial charge on any atom is 0.162 e. The molecule has 0 saturated heterocycles. The third-order valence-electron chi connectivity index (χ3n) is 6.38. The zero-order valence-electron chi connectivity index (χ0n) is 15.0. The van der Waals surface area contributed by atoms with Crippen LogP contribution in [0.4, 0.5) is 13.2 Å². The number of rotatable bonds is 7. The van der Waals surface area contributed by atoms with E-state index < -0.39 is 18.5 Å². The minimum absolute atomic E-state index is 0.0423. The molecule has 0 radical (unpaired) electrons. The Labute approximate surface area is 140 Å². The number of alkyl halides is 3. The Bertz CT molecular complexity index is 313. The van der Waals surface area contributed by atoms with E-state index in [0.29, 0.717) is 0 Å². The third-order valence-corrected chi connectivity index (χ3v) is 6.38. The van der Waals surface area contributed by atoms with Crippen molar-refractivity contribution in [3.05, 3.63) is 0 Å². The predicted octanol–water partition coefficient (Wildman–Crippen LogP) is 6.82. The van der Waals surface area contributed by atoms with Gasteiger partial charge in [-0.2, -0.15) is 0 Å². The molecule has 0 N–H and O–H groups in total. The second-order valence-corrected chi connectivity index (χ2v) is 8.31. The Hall–Kier alpha value is -0.210. The number of hydrogen-bond acceptors (Lipinski definition) is 0. The van der Waals surface area contributed by atoms with Crippen molar-refractivity contribution in [2.24, 2.45) is 23.7 Å². The summed E-state index contributed by atoms with van der Waals surface area (Å²) in [4.78, 5) is 0. The van der Waals surface area contributed by atoms with Crippen LogP contribution in [0, 0.1) is 23.7 Å². The van der Waals surface area contributed by atoms with Gasteiger partial charge in [0.25, 0.3) is 0 Å². The Kier molecular flexibility index (Phi) is 7.75. The highest BCUT2D eigenvalue weighted by Crippen LogP contribution is 2.39. The van der Waals surface area contributed by atoms with Gasteiger partial charge in [-0.3, -0.25) is 0 Å². The second-order valence-electron chi connectivity index (χ2n) is 8.31. The molecular weight excluding hydrogens is 297 g/mol. The molecule has 0 aromatic heterocycles. The number of halogens is 3. The fourth-order valence-corrected chi connectivity index (χ4v) is 4.87. The van der Waals surface area contributed by atoms with Gasteiger partial charge in [-0.05, 0) is 49.4 Å². The standard InChI is InChI=1S/C20H35F3/c1-3-5-16(17-10-8-14(2)9-11-17)7-4-6-15-12-18(21)20(23)19(22)13-15/h14-20H,3-13H2,1-2H3/t14?,15?,16-,17?,18?,19?,20?/m1/s1. The third kappa shape index (κ3) is 5.67. The van der Waals surface area contributed by atoms with Gasteiger partial charge in [0.05, 0.1) is 0 Å². The maximum absolute atomic E-state index is 13.5. The van der Waals surface area contributed by atoms with E-state index >= 15 is 0 Å². The van der Waals surface area contributed by atoms with Crippen LogP contribution < -0.4 is 0 Å². The lowest BCUT2D eigenvalue weighted by Crippen LogP contribution is -2.37. The summed E-state index contributed by atoms with van der Waals surface area (Å²) in [6.45, 7) is 4.61. The van der Waals surface area contributed by atoms with Gasteiger partial charge in [0.15, 0.2) is 6.17 Å². The van der Waals surface area contributed by atoms with Gasteiger partial charge < -0.3 is 0 Å². The Morgan fingerprint density at radius 3 is 2.09 bits per heavy atom. The molecule has 136 valence electrons. The molecule has 0 heterocycles. The summed E-state index contributed by atoms with van der Waals surface area (Å²) in [6, 6.07) is 0. The largest absolute Gasteiger partial charge is 0.244 e. The summed E-state index contributed by atoms with van der Waals surface area (Å²) in [5.74, 6) is 2.57. The molecular formula is C20H35F3. The van der Waals surface area contributed by atoms with Crippen molar-refractivity contribution in [2.75, 3.05) is 0 Å². The van der Waals surface area contributed by atoms with Crippen LogP contribution in [0.3, 0.4) is 0 Å². The highest BCUT2D eigenvalue weighted by atomic mass is 19.2. The van der Waals surface area contributed by atoms with Crippen LogP contribution in [0.5, 0.6) is 0 Å². The van der Waals surface area contributed by atoms with Gasteiger partial charge >= 0.3 is 0 Å². The molecule has 0 aromatic rings. The summed E-state index contributed by atoms with van der Waals surface area (Å²) < 4.78 is 40.2.